The van der Waals surface area contributed by atoms with Crippen LogP contribution in [0.1, 0.15) is 22.9 Å². The zero-order valence-electron chi connectivity index (χ0n) is 12.5. The second-order valence-electron chi connectivity index (χ2n) is 4.91. The van der Waals surface area contributed by atoms with Crippen molar-refractivity contribution in [3.05, 3.63) is 41.1 Å². The van der Waals surface area contributed by atoms with Crippen molar-refractivity contribution in [2.24, 2.45) is 7.05 Å². The number of nitrogens with zero attached hydrogens (tertiary/aromatic N) is 2. The Labute approximate surface area is 123 Å². The molecule has 1 heterocycles. The van der Waals surface area contributed by atoms with Gasteiger partial charge < -0.3 is 15.2 Å². The Hall–Kier alpha value is -2.50. The molecular formula is C15H19N3O3. The van der Waals surface area contributed by atoms with E-state index in [1.165, 1.54) is 11.8 Å². The summed E-state index contributed by atoms with van der Waals surface area (Å²) in [5.74, 6) is -0.538. The molecule has 0 aliphatic heterocycles. The molecule has 1 atom stereocenters. The number of methoxy groups -OCH3 is 1. The van der Waals surface area contributed by atoms with Gasteiger partial charge in [0, 0.05) is 12.7 Å². The first kappa shape index (κ1) is 14.9. The van der Waals surface area contributed by atoms with Crippen molar-refractivity contribution in [1.29, 1.82) is 0 Å². The van der Waals surface area contributed by atoms with Crippen LogP contribution in [0.5, 0.6) is 5.88 Å². The number of aryl methyl sites for hydroxylation is 3. The minimum atomic E-state index is -0.982. The van der Waals surface area contributed by atoms with Crippen LogP contribution in [0.3, 0.4) is 0 Å². The second-order valence-corrected chi connectivity index (χ2v) is 4.91. The van der Waals surface area contributed by atoms with E-state index in [4.69, 9.17) is 4.74 Å². The van der Waals surface area contributed by atoms with Crippen LogP contribution in [0, 0.1) is 13.8 Å². The summed E-state index contributed by atoms with van der Waals surface area (Å²) in [6.07, 6.45) is 0. The van der Waals surface area contributed by atoms with Crippen LogP contribution in [-0.4, -0.2) is 28.0 Å². The third-order valence-electron chi connectivity index (χ3n) is 3.31. The summed E-state index contributed by atoms with van der Waals surface area (Å²) in [5.41, 5.74) is 3.01. The Bertz CT molecular complexity index is 647. The van der Waals surface area contributed by atoms with Crippen molar-refractivity contribution < 1.29 is 14.6 Å². The average Bonchev–Trinajstić information content (AvgIpc) is 2.71. The monoisotopic (exact) mass is 289 g/mol. The predicted octanol–water partition coefficient (Wildman–Crippen LogP) is 2.28. The summed E-state index contributed by atoms with van der Waals surface area (Å²) < 4.78 is 6.82. The fourth-order valence-corrected chi connectivity index (χ4v) is 2.30. The van der Waals surface area contributed by atoms with Gasteiger partial charge in [-0.05, 0) is 26.0 Å². The highest BCUT2D eigenvalue weighted by Gasteiger charge is 2.29. The topological polar surface area (TPSA) is 76.4 Å². The standard InChI is InChI=1S/C15H19N3O3/c1-9-5-7-11(8-6-9)16-13(15(19)20)12-10(2)17-18(3)14(12)21-4/h5-8,13,16H,1-4H3,(H,19,20). The molecule has 112 valence electrons. The molecule has 0 aliphatic rings. The van der Waals surface area contributed by atoms with Crippen molar-refractivity contribution >= 4 is 11.7 Å². The number of carboxylic acid groups (broad SMARTS) is 1. The highest BCUT2D eigenvalue weighted by Crippen LogP contribution is 2.30. The summed E-state index contributed by atoms with van der Waals surface area (Å²) in [6.45, 7) is 3.75. The molecule has 1 aromatic carbocycles. The van der Waals surface area contributed by atoms with E-state index < -0.39 is 12.0 Å². The van der Waals surface area contributed by atoms with Gasteiger partial charge in [0.2, 0.25) is 5.88 Å². The maximum absolute atomic E-state index is 11.6. The van der Waals surface area contributed by atoms with Crippen LogP contribution in [-0.2, 0) is 11.8 Å². The number of benzene rings is 1. The number of hydrogen-bond donors (Lipinski definition) is 2. The van der Waals surface area contributed by atoms with Crippen LogP contribution in [0.25, 0.3) is 0 Å². The lowest BCUT2D eigenvalue weighted by molar-refractivity contribution is -0.138. The first-order chi connectivity index (χ1) is 9.93. The molecule has 6 nitrogen and oxygen atoms in total. The number of aliphatic carboxylic acids is 1. The van der Waals surface area contributed by atoms with Crippen LogP contribution in [0.2, 0.25) is 0 Å². The lowest BCUT2D eigenvalue weighted by Gasteiger charge is -2.17. The average molecular weight is 289 g/mol. The van der Waals surface area contributed by atoms with Gasteiger partial charge in [-0.15, -0.1) is 0 Å². The number of anilines is 1. The zero-order valence-corrected chi connectivity index (χ0v) is 12.5. The smallest absolute Gasteiger partial charge is 0.331 e. The number of rotatable bonds is 5. The van der Waals surface area contributed by atoms with E-state index in [1.54, 1.807) is 14.0 Å². The summed E-state index contributed by atoms with van der Waals surface area (Å²) in [6, 6.07) is 6.63. The fraction of sp³-hybridized carbons (Fsp3) is 0.333. The maximum atomic E-state index is 11.6. The third-order valence-corrected chi connectivity index (χ3v) is 3.31. The van der Waals surface area contributed by atoms with Gasteiger partial charge in [0.15, 0.2) is 6.04 Å². The molecule has 0 bridgehead atoms. The number of aromatic nitrogens is 2. The number of nitrogens with one attached hydrogen (secondary N) is 1. The Morgan fingerprint density at radius 3 is 2.48 bits per heavy atom. The van der Waals surface area contributed by atoms with Crippen LogP contribution in [0.15, 0.2) is 24.3 Å². The van der Waals surface area contributed by atoms with Gasteiger partial charge in [-0.25, -0.2) is 9.48 Å². The minimum Gasteiger partial charge on any atom is -0.481 e. The molecule has 0 aliphatic carbocycles. The van der Waals surface area contributed by atoms with Crippen molar-refractivity contribution in [3.8, 4) is 5.88 Å². The van der Waals surface area contributed by atoms with Gasteiger partial charge >= 0.3 is 5.97 Å². The molecule has 21 heavy (non-hydrogen) atoms. The van der Waals surface area contributed by atoms with E-state index in [0.717, 1.165) is 11.3 Å². The maximum Gasteiger partial charge on any atom is 0.331 e. The fourth-order valence-electron chi connectivity index (χ4n) is 2.30. The largest absolute Gasteiger partial charge is 0.481 e. The lowest BCUT2D eigenvalue weighted by Crippen LogP contribution is -2.21. The third kappa shape index (κ3) is 2.99. The van der Waals surface area contributed by atoms with Gasteiger partial charge in [0.1, 0.15) is 0 Å². The van der Waals surface area contributed by atoms with Crippen LogP contribution < -0.4 is 10.1 Å². The Kier molecular flexibility index (Phi) is 4.16. The van der Waals surface area contributed by atoms with Crippen LogP contribution in [0.4, 0.5) is 5.69 Å². The van der Waals surface area contributed by atoms with Crippen molar-refractivity contribution in [2.75, 3.05) is 12.4 Å². The highest BCUT2D eigenvalue weighted by atomic mass is 16.5. The van der Waals surface area contributed by atoms with Gasteiger partial charge in [-0.1, -0.05) is 17.7 Å². The van der Waals surface area contributed by atoms with Crippen LogP contribution >= 0.6 is 0 Å². The van der Waals surface area contributed by atoms with Gasteiger partial charge in [-0.3, -0.25) is 0 Å². The van der Waals surface area contributed by atoms with E-state index in [-0.39, 0.29) is 0 Å². The molecule has 0 saturated heterocycles. The summed E-state index contributed by atoms with van der Waals surface area (Å²) >= 11 is 0. The first-order valence-corrected chi connectivity index (χ1v) is 6.57. The molecule has 2 rings (SSSR count). The number of hydrogen-bond acceptors (Lipinski definition) is 4. The molecule has 0 spiro atoms. The van der Waals surface area contributed by atoms with Gasteiger partial charge in [0.25, 0.3) is 0 Å². The van der Waals surface area contributed by atoms with E-state index >= 15 is 0 Å². The first-order valence-electron chi connectivity index (χ1n) is 6.57. The Morgan fingerprint density at radius 2 is 1.95 bits per heavy atom. The van der Waals surface area contributed by atoms with Crippen molar-refractivity contribution in [2.45, 2.75) is 19.9 Å². The van der Waals surface area contributed by atoms with Crippen molar-refractivity contribution in [3.63, 3.8) is 0 Å². The molecule has 0 amide bonds. The normalized spacial score (nSPS) is 12.0. The summed E-state index contributed by atoms with van der Waals surface area (Å²) in [5, 5.41) is 16.8. The number of carbonyl (C=O) groups is 1. The number of carboxylic acids is 1. The summed E-state index contributed by atoms with van der Waals surface area (Å²) in [7, 11) is 3.23. The predicted molar refractivity (Wildman–Crippen MR) is 79.7 cm³/mol. The molecule has 0 saturated carbocycles. The minimum absolute atomic E-state index is 0.444. The lowest BCUT2D eigenvalue weighted by atomic mass is 10.1. The van der Waals surface area contributed by atoms with E-state index in [1.807, 2.05) is 31.2 Å². The molecule has 1 aromatic heterocycles. The summed E-state index contributed by atoms with van der Waals surface area (Å²) in [4.78, 5) is 11.6. The van der Waals surface area contributed by atoms with Gasteiger partial charge in [-0.2, -0.15) is 5.10 Å². The Balaban J connectivity index is 2.40. The van der Waals surface area contributed by atoms with Gasteiger partial charge in [0.05, 0.1) is 18.4 Å². The van der Waals surface area contributed by atoms with E-state index in [9.17, 15) is 9.90 Å². The molecule has 2 aromatic rings. The molecule has 0 radical (unpaired) electrons. The second kappa shape index (κ2) is 5.87. The molecular weight excluding hydrogens is 270 g/mol. The highest BCUT2D eigenvalue weighted by molar-refractivity contribution is 5.80. The quantitative estimate of drug-likeness (QED) is 0.883. The zero-order chi connectivity index (χ0) is 15.6. The molecule has 0 fully saturated rings. The molecule has 6 heteroatoms. The number of ether oxygens (including phenoxy) is 1. The van der Waals surface area contributed by atoms with E-state index in [2.05, 4.69) is 10.4 Å². The van der Waals surface area contributed by atoms with Crippen molar-refractivity contribution in [1.82, 2.24) is 9.78 Å². The molecule has 1 unspecified atom stereocenters. The Morgan fingerprint density at radius 1 is 1.33 bits per heavy atom. The SMILES string of the molecule is COc1c(C(Nc2ccc(C)cc2)C(=O)O)c(C)nn1C. The molecule has 2 N–H and O–H groups in total. The van der Waals surface area contributed by atoms with E-state index in [0.29, 0.717) is 17.1 Å².